The molecule has 0 aliphatic carbocycles. The zero-order valence-corrected chi connectivity index (χ0v) is 16.9. The number of rotatable bonds is 6. The van der Waals surface area contributed by atoms with Crippen LogP contribution in [0.2, 0.25) is 0 Å². The largest absolute Gasteiger partial charge is 0.491 e. The fourth-order valence-corrected chi connectivity index (χ4v) is 3.56. The van der Waals surface area contributed by atoms with Crippen LogP contribution in [-0.4, -0.2) is 30.2 Å². The summed E-state index contributed by atoms with van der Waals surface area (Å²) < 4.78 is 17.1. The van der Waals surface area contributed by atoms with Gasteiger partial charge in [-0.05, 0) is 73.5 Å². The number of ether oxygens (including phenoxy) is 2. The van der Waals surface area contributed by atoms with Gasteiger partial charge in [-0.1, -0.05) is 12.1 Å². The van der Waals surface area contributed by atoms with Gasteiger partial charge in [-0.2, -0.15) is 0 Å². The molecule has 0 spiro atoms. The van der Waals surface area contributed by atoms with Crippen molar-refractivity contribution in [3.8, 4) is 17.2 Å². The summed E-state index contributed by atoms with van der Waals surface area (Å²) >= 11 is 0. The van der Waals surface area contributed by atoms with Crippen molar-refractivity contribution in [1.82, 2.24) is 4.98 Å². The highest BCUT2D eigenvalue weighted by molar-refractivity contribution is 6.04. The maximum Gasteiger partial charge on any atom is 0.255 e. The minimum Gasteiger partial charge on any atom is -0.491 e. The monoisotopic (exact) mass is 414 g/mol. The molecule has 0 saturated carbocycles. The molecule has 6 heteroatoms. The van der Waals surface area contributed by atoms with Crippen LogP contribution in [0.25, 0.3) is 22.6 Å². The summed E-state index contributed by atoms with van der Waals surface area (Å²) in [5, 5.41) is 2.91. The molecule has 1 saturated heterocycles. The molecular weight excluding hydrogens is 392 g/mol. The van der Waals surface area contributed by atoms with Gasteiger partial charge in [0.1, 0.15) is 17.9 Å². The molecule has 2 heterocycles. The third-order valence-corrected chi connectivity index (χ3v) is 5.26. The first kappa shape index (κ1) is 19.3. The summed E-state index contributed by atoms with van der Waals surface area (Å²) in [7, 11) is 0. The van der Waals surface area contributed by atoms with E-state index in [0.29, 0.717) is 23.7 Å². The Morgan fingerprint density at radius 2 is 1.84 bits per heavy atom. The SMILES string of the molecule is O=C(Nc1ccc(-c2nc3ccccc3o2)cc1)c1ccc(OCC2CCCO2)cc1. The topological polar surface area (TPSA) is 73.6 Å². The van der Waals surface area contributed by atoms with E-state index in [9.17, 15) is 4.79 Å². The Hall–Kier alpha value is -3.64. The molecule has 1 atom stereocenters. The van der Waals surface area contributed by atoms with Gasteiger partial charge < -0.3 is 19.2 Å². The zero-order chi connectivity index (χ0) is 21.0. The lowest BCUT2D eigenvalue weighted by Crippen LogP contribution is -2.16. The van der Waals surface area contributed by atoms with Gasteiger partial charge in [0.05, 0.1) is 6.10 Å². The quantitative estimate of drug-likeness (QED) is 0.463. The molecule has 4 aromatic rings. The van der Waals surface area contributed by atoms with E-state index in [-0.39, 0.29) is 12.0 Å². The van der Waals surface area contributed by atoms with Gasteiger partial charge in [0.15, 0.2) is 5.58 Å². The van der Waals surface area contributed by atoms with Crippen molar-refractivity contribution in [2.45, 2.75) is 18.9 Å². The molecule has 1 aromatic heterocycles. The van der Waals surface area contributed by atoms with Crippen LogP contribution in [0, 0.1) is 0 Å². The van der Waals surface area contributed by atoms with Crippen LogP contribution in [0.1, 0.15) is 23.2 Å². The number of carbonyl (C=O) groups is 1. The fraction of sp³-hybridized carbons (Fsp3) is 0.200. The van der Waals surface area contributed by atoms with Gasteiger partial charge in [-0.25, -0.2) is 4.98 Å². The Morgan fingerprint density at radius 3 is 2.58 bits per heavy atom. The second-order valence-electron chi connectivity index (χ2n) is 7.49. The van der Waals surface area contributed by atoms with Crippen molar-refractivity contribution >= 4 is 22.7 Å². The third kappa shape index (κ3) is 4.44. The number of oxazole rings is 1. The van der Waals surface area contributed by atoms with Crippen molar-refractivity contribution in [1.29, 1.82) is 0 Å². The molecule has 1 aliphatic rings. The van der Waals surface area contributed by atoms with Crippen LogP contribution in [0.4, 0.5) is 5.69 Å². The lowest BCUT2D eigenvalue weighted by molar-refractivity contribution is 0.0679. The van der Waals surface area contributed by atoms with Crippen LogP contribution in [0.15, 0.2) is 77.2 Å². The number of aromatic nitrogens is 1. The van der Waals surface area contributed by atoms with E-state index in [1.807, 2.05) is 48.5 Å². The summed E-state index contributed by atoms with van der Waals surface area (Å²) in [6.07, 6.45) is 2.29. The molecule has 1 fully saturated rings. The average Bonchev–Trinajstić information content (AvgIpc) is 3.48. The van der Waals surface area contributed by atoms with Crippen LogP contribution in [0.5, 0.6) is 5.75 Å². The molecule has 1 N–H and O–H groups in total. The van der Waals surface area contributed by atoms with E-state index >= 15 is 0 Å². The molecule has 156 valence electrons. The molecule has 31 heavy (non-hydrogen) atoms. The van der Waals surface area contributed by atoms with E-state index in [4.69, 9.17) is 13.9 Å². The van der Waals surface area contributed by atoms with Crippen molar-refractivity contribution in [3.63, 3.8) is 0 Å². The summed E-state index contributed by atoms with van der Waals surface area (Å²) in [5.41, 5.74) is 3.68. The molecular formula is C25H22N2O4. The molecule has 0 radical (unpaired) electrons. The van der Waals surface area contributed by atoms with Crippen molar-refractivity contribution < 1.29 is 18.7 Å². The Labute approximate surface area is 179 Å². The fourth-order valence-electron chi connectivity index (χ4n) is 3.56. The van der Waals surface area contributed by atoms with E-state index in [0.717, 1.165) is 41.9 Å². The van der Waals surface area contributed by atoms with Gasteiger partial charge in [0, 0.05) is 23.4 Å². The molecule has 0 bridgehead atoms. The number of benzene rings is 3. The van der Waals surface area contributed by atoms with Gasteiger partial charge in [-0.15, -0.1) is 0 Å². The minimum absolute atomic E-state index is 0.167. The number of carbonyl (C=O) groups excluding carboxylic acids is 1. The smallest absolute Gasteiger partial charge is 0.255 e. The number of para-hydroxylation sites is 2. The average molecular weight is 414 g/mol. The number of amides is 1. The summed E-state index contributed by atoms with van der Waals surface area (Å²) in [4.78, 5) is 17.1. The highest BCUT2D eigenvalue weighted by atomic mass is 16.5. The number of nitrogens with one attached hydrogen (secondary N) is 1. The third-order valence-electron chi connectivity index (χ3n) is 5.26. The zero-order valence-electron chi connectivity index (χ0n) is 16.9. The van der Waals surface area contributed by atoms with Crippen LogP contribution in [-0.2, 0) is 4.74 Å². The molecule has 1 amide bonds. The van der Waals surface area contributed by atoms with Crippen LogP contribution >= 0.6 is 0 Å². The Morgan fingerprint density at radius 1 is 1.03 bits per heavy atom. The number of hydrogen-bond donors (Lipinski definition) is 1. The highest BCUT2D eigenvalue weighted by Crippen LogP contribution is 2.25. The second-order valence-corrected chi connectivity index (χ2v) is 7.49. The number of hydrogen-bond acceptors (Lipinski definition) is 5. The van der Waals surface area contributed by atoms with Crippen molar-refractivity contribution in [3.05, 3.63) is 78.4 Å². The first-order valence-corrected chi connectivity index (χ1v) is 10.4. The maximum absolute atomic E-state index is 12.6. The molecule has 6 nitrogen and oxygen atoms in total. The second kappa shape index (κ2) is 8.62. The minimum atomic E-state index is -0.180. The summed E-state index contributed by atoms with van der Waals surface area (Å²) in [6, 6.07) is 22.2. The van der Waals surface area contributed by atoms with Crippen LogP contribution in [0.3, 0.4) is 0 Å². The Kier molecular flexibility index (Phi) is 5.37. The number of nitrogens with zero attached hydrogens (tertiary/aromatic N) is 1. The van der Waals surface area contributed by atoms with E-state index in [2.05, 4.69) is 10.3 Å². The standard InChI is InChI=1S/C25H22N2O4/c28-24(17-9-13-20(14-10-17)30-16-21-4-3-15-29-21)26-19-11-7-18(8-12-19)25-27-22-5-1-2-6-23(22)31-25/h1-2,5-14,21H,3-4,15-16H2,(H,26,28). The van der Waals surface area contributed by atoms with E-state index in [1.54, 1.807) is 24.3 Å². The van der Waals surface area contributed by atoms with Gasteiger partial charge >= 0.3 is 0 Å². The lowest BCUT2D eigenvalue weighted by atomic mass is 10.1. The van der Waals surface area contributed by atoms with E-state index in [1.165, 1.54) is 0 Å². The van der Waals surface area contributed by atoms with Gasteiger partial charge in [0.25, 0.3) is 5.91 Å². The van der Waals surface area contributed by atoms with Crippen molar-refractivity contribution in [2.24, 2.45) is 0 Å². The first-order chi connectivity index (χ1) is 15.2. The number of anilines is 1. The molecule has 3 aromatic carbocycles. The summed E-state index contributed by atoms with van der Waals surface area (Å²) in [6.45, 7) is 1.35. The molecule has 1 aliphatic heterocycles. The highest BCUT2D eigenvalue weighted by Gasteiger charge is 2.16. The summed E-state index contributed by atoms with van der Waals surface area (Å²) in [5.74, 6) is 1.10. The van der Waals surface area contributed by atoms with Crippen LogP contribution < -0.4 is 10.1 Å². The Balaban J connectivity index is 1.20. The lowest BCUT2D eigenvalue weighted by Gasteiger charge is -2.12. The molecule has 5 rings (SSSR count). The molecule has 1 unspecified atom stereocenters. The van der Waals surface area contributed by atoms with E-state index < -0.39 is 0 Å². The van der Waals surface area contributed by atoms with Gasteiger partial charge in [0.2, 0.25) is 5.89 Å². The maximum atomic E-state index is 12.6. The van der Waals surface area contributed by atoms with Crippen molar-refractivity contribution in [2.75, 3.05) is 18.5 Å². The number of fused-ring (bicyclic) bond motifs is 1. The first-order valence-electron chi connectivity index (χ1n) is 10.4. The van der Waals surface area contributed by atoms with Gasteiger partial charge in [-0.3, -0.25) is 4.79 Å². The predicted molar refractivity (Wildman–Crippen MR) is 118 cm³/mol. The normalized spacial score (nSPS) is 15.8. The predicted octanol–water partition coefficient (Wildman–Crippen LogP) is 5.30. The Bertz CT molecular complexity index is 1140.